The zero-order chi connectivity index (χ0) is 12.3. The van der Waals surface area contributed by atoms with Crippen LogP contribution < -0.4 is 15.4 Å². The lowest BCUT2D eigenvalue weighted by molar-refractivity contribution is 0.325. The van der Waals surface area contributed by atoms with Gasteiger partial charge in [0.2, 0.25) is 5.88 Å². The Labute approximate surface area is 102 Å². The largest absolute Gasteiger partial charge is 0.478 e. The van der Waals surface area contributed by atoms with Crippen LogP contribution in [0.15, 0.2) is 12.4 Å². The summed E-state index contributed by atoms with van der Waals surface area (Å²) in [6.45, 7) is 6.61. The van der Waals surface area contributed by atoms with E-state index in [2.05, 4.69) is 21.8 Å². The van der Waals surface area contributed by atoms with Crippen LogP contribution in [0.25, 0.3) is 0 Å². The fraction of sp³-hybridized carbons (Fsp3) is 0.667. The zero-order valence-electron chi connectivity index (χ0n) is 10.5. The van der Waals surface area contributed by atoms with Gasteiger partial charge in [-0.3, -0.25) is 0 Å². The molecule has 1 saturated heterocycles. The summed E-state index contributed by atoms with van der Waals surface area (Å²) in [6, 6.07) is 2.10. The number of ether oxygens (including phenoxy) is 1. The molecule has 0 bridgehead atoms. The van der Waals surface area contributed by atoms with Crippen LogP contribution in [0.5, 0.6) is 5.88 Å². The molecule has 2 atom stereocenters. The molecule has 94 valence electrons. The molecule has 2 N–H and O–H groups in total. The number of hydrogen-bond acceptors (Lipinski definition) is 5. The van der Waals surface area contributed by atoms with Gasteiger partial charge in [-0.05, 0) is 19.3 Å². The highest BCUT2D eigenvalue weighted by molar-refractivity contribution is 5.41. The molecule has 0 aliphatic carbocycles. The molecule has 0 radical (unpaired) electrons. The number of anilines is 1. The average Bonchev–Trinajstić information content (AvgIpc) is 2.33. The zero-order valence-corrected chi connectivity index (χ0v) is 10.5. The number of rotatable bonds is 3. The maximum absolute atomic E-state index is 6.09. The highest BCUT2D eigenvalue weighted by Crippen LogP contribution is 2.22. The highest BCUT2D eigenvalue weighted by atomic mass is 16.5. The lowest BCUT2D eigenvalue weighted by Crippen LogP contribution is -2.47. The SMILES string of the molecule is CCOc1cc(N2CCC(C)C(N)C2)ncn1. The fourth-order valence-electron chi connectivity index (χ4n) is 2.04. The van der Waals surface area contributed by atoms with E-state index >= 15 is 0 Å². The summed E-state index contributed by atoms with van der Waals surface area (Å²) in [5, 5.41) is 0. The maximum atomic E-state index is 6.09. The Kier molecular flexibility index (Phi) is 3.78. The summed E-state index contributed by atoms with van der Waals surface area (Å²) >= 11 is 0. The van der Waals surface area contributed by atoms with Gasteiger partial charge in [0.05, 0.1) is 6.61 Å². The van der Waals surface area contributed by atoms with Crippen LogP contribution in [0, 0.1) is 5.92 Å². The number of nitrogens with zero attached hydrogens (tertiary/aromatic N) is 3. The number of nitrogens with two attached hydrogens (primary N) is 1. The molecule has 1 aromatic rings. The highest BCUT2D eigenvalue weighted by Gasteiger charge is 2.24. The van der Waals surface area contributed by atoms with Crippen molar-refractivity contribution >= 4 is 5.82 Å². The molecule has 1 fully saturated rings. The van der Waals surface area contributed by atoms with E-state index < -0.39 is 0 Å². The first-order valence-corrected chi connectivity index (χ1v) is 6.16. The van der Waals surface area contributed by atoms with Crippen molar-refractivity contribution in [3.8, 4) is 5.88 Å². The average molecular weight is 236 g/mol. The molecule has 5 heteroatoms. The molecule has 2 heterocycles. The van der Waals surface area contributed by atoms with Gasteiger partial charge < -0.3 is 15.4 Å². The minimum Gasteiger partial charge on any atom is -0.478 e. The predicted molar refractivity (Wildman–Crippen MR) is 67.2 cm³/mol. The molecular formula is C12H20N4O. The van der Waals surface area contributed by atoms with Crippen LogP contribution in [-0.2, 0) is 0 Å². The first kappa shape index (κ1) is 12.1. The number of aromatic nitrogens is 2. The minimum atomic E-state index is 0.217. The van der Waals surface area contributed by atoms with Gasteiger partial charge in [-0.15, -0.1) is 0 Å². The van der Waals surface area contributed by atoms with Crippen LogP contribution in [0.3, 0.4) is 0 Å². The van der Waals surface area contributed by atoms with Gasteiger partial charge in [0.1, 0.15) is 12.1 Å². The lowest BCUT2D eigenvalue weighted by atomic mass is 9.94. The molecular weight excluding hydrogens is 216 g/mol. The van der Waals surface area contributed by atoms with E-state index in [9.17, 15) is 0 Å². The molecule has 0 spiro atoms. The molecule has 2 unspecified atom stereocenters. The van der Waals surface area contributed by atoms with Gasteiger partial charge in [0.25, 0.3) is 0 Å². The standard InChI is InChI=1S/C12H20N4O/c1-3-17-12-6-11(14-8-15-12)16-5-4-9(2)10(13)7-16/h6,8-10H,3-5,7,13H2,1-2H3. The summed E-state index contributed by atoms with van der Waals surface area (Å²) in [6.07, 6.45) is 2.65. The second kappa shape index (κ2) is 5.31. The molecule has 0 saturated carbocycles. The lowest BCUT2D eigenvalue weighted by Gasteiger charge is -2.35. The molecule has 1 aliphatic rings. The van der Waals surface area contributed by atoms with Crippen molar-refractivity contribution in [2.75, 3.05) is 24.6 Å². The van der Waals surface area contributed by atoms with Crippen LogP contribution in [-0.4, -0.2) is 35.7 Å². The van der Waals surface area contributed by atoms with E-state index in [-0.39, 0.29) is 6.04 Å². The second-order valence-corrected chi connectivity index (χ2v) is 4.52. The number of hydrogen-bond donors (Lipinski definition) is 1. The van der Waals surface area contributed by atoms with E-state index in [1.165, 1.54) is 0 Å². The van der Waals surface area contributed by atoms with Gasteiger partial charge in [0.15, 0.2) is 0 Å². The van der Waals surface area contributed by atoms with Crippen molar-refractivity contribution in [3.63, 3.8) is 0 Å². The van der Waals surface area contributed by atoms with E-state index in [0.717, 1.165) is 25.3 Å². The van der Waals surface area contributed by atoms with Gasteiger partial charge >= 0.3 is 0 Å². The summed E-state index contributed by atoms with van der Waals surface area (Å²) in [5.41, 5.74) is 6.09. The first-order chi connectivity index (χ1) is 8.20. The van der Waals surface area contributed by atoms with E-state index in [4.69, 9.17) is 10.5 Å². The van der Waals surface area contributed by atoms with E-state index in [0.29, 0.717) is 18.4 Å². The Morgan fingerprint density at radius 2 is 2.35 bits per heavy atom. The monoisotopic (exact) mass is 236 g/mol. The third-order valence-corrected chi connectivity index (χ3v) is 3.26. The fourth-order valence-corrected chi connectivity index (χ4v) is 2.04. The Balaban J connectivity index is 2.09. The predicted octanol–water partition coefficient (Wildman–Crippen LogP) is 1.05. The van der Waals surface area contributed by atoms with Crippen LogP contribution in [0.2, 0.25) is 0 Å². The quantitative estimate of drug-likeness (QED) is 0.849. The van der Waals surface area contributed by atoms with Gasteiger partial charge in [-0.1, -0.05) is 6.92 Å². The van der Waals surface area contributed by atoms with Crippen LogP contribution >= 0.6 is 0 Å². The third kappa shape index (κ3) is 2.85. The van der Waals surface area contributed by atoms with Gasteiger partial charge in [0, 0.05) is 25.2 Å². The van der Waals surface area contributed by atoms with E-state index in [1.807, 2.05) is 13.0 Å². The number of piperidine rings is 1. The van der Waals surface area contributed by atoms with Crippen LogP contribution in [0.1, 0.15) is 20.3 Å². The van der Waals surface area contributed by atoms with Crippen LogP contribution in [0.4, 0.5) is 5.82 Å². The Morgan fingerprint density at radius 3 is 3.06 bits per heavy atom. The molecule has 2 rings (SSSR count). The normalized spacial score (nSPS) is 24.8. The second-order valence-electron chi connectivity index (χ2n) is 4.52. The molecule has 1 aliphatic heterocycles. The van der Waals surface area contributed by atoms with Gasteiger partial charge in [-0.2, -0.15) is 0 Å². The van der Waals surface area contributed by atoms with Crippen molar-refractivity contribution in [1.82, 2.24) is 9.97 Å². The Hall–Kier alpha value is -1.36. The van der Waals surface area contributed by atoms with Crippen molar-refractivity contribution in [1.29, 1.82) is 0 Å². The summed E-state index contributed by atoms with van der Waals surface area (Å²) in [7, 11) is 0. The Bertz CT molecular complexity index is 371. The third-order valence-electron chi connectivity index (χ3n) is 3.26. The molecule has 17 heavy (non-hydrogen) atoms. The van der Waals surface area contributed by atoms with Gasteiger partial charge in [-0.25, -0.2) is 9.97 Å². The molecule has 0 aromatic carbocycles. The topological polar surface area (TPSA) is 64.3 Å². The first-order valence-electron chi connectivity index (χ1n) is 6.16. The van der Waals surface area contributed by atoms with Crippen molar-refractivity contribution in [2.24, 2.45) is 11.7 Å². The molecule has 5 nitrogen and oxygen atoms in total. The summed E-state index contributed by atoms with van der Waals surface area (Å²) in [4.78, 5) is 10.6. The van der Waals surface area contributed by atoms with Crippen molar-refractivity contribution in [2.45, 2.75) is 26.3 Å². The summed E-state index contributed by atoms with van der Waals surface area (Å²) in [5.74, 6) is 2.12. The molecule has 0 amide bonds. The maximum Gasteiger partial charge on any atom is 0.218 e. The Morgan fingerprint density at radius 1 is 1.53 bits per heavy atom. The summed E-state index contributed by atoms with van der Waals surface area (Å²) < 4.78 is 5.38. The smallest absolute Gasteiger partial charge is 0.218 e. The van der Waals surface area contributed by atoms with Crippen molar-refractivity contribution in [3.05, 3.63) is 12.4 Å². The molecule has 1 aromatic heterocycles. The minimum absolute atomic E-state index is 0.217. The van der Waals surface area contributed by atoms with Crippen molar-refractivity contribution < 1.29 is 4.74 Å². The van der Waals surface area contributed by atoms with E-state index in [1.54, 1.807) is 6.33 Å².